The molecule has 1 aromatic rings. The molecule has 1 unspecified atom stereocenters. The van der Waals surface area contributed by atoms with E-state index in [1.165, 1.54) is 6.07 Å². The van der Waals surface area contributed by atoms with Crippen LogP contribution in [0.5, 0.6) is 0 Å². The van der Waals surface area contributed by atoms with Gasteiger partial charge in [0.05, 0.1) is 0 Å². The van der Waals surface area contributed by atoms with Crippen LogP contribution in [-0.4, -0.2) is 0 Å². The molecule has 0 aliphatic carbocycles. The lowest BCUT2D eigenvalue weighted by Gasteiger charge is -2.06. The Hall–Kier alpha value is -0.370. The fourth-order valence-electron chi connectivity index (χ4n) is 0.892. The number of hydrogen-bond donors (Lipinski definition) is 0. The van der Waals surface area contributed by atoms with Gasteiger partial charge >= 0.3 is 0 Å². The first kappa shape index (κ1) is 8.72. The molecule has 1 rings (SSSR count). The third-order valence-electron chi connectivity index (χ3n) is 1.49. The topological polar surface area (TPSA) is 0 Å². The van der Waals surface area contributed by atoms with Gasteiger partial charge in [0.2, 0.25) is 0 Å². The minimum absolute atomic E-state index is 0.00694. The molecule has 0 saturated heterocycles. The highest BCUT2D eigenvalue weighted by atomic mass is 79.9. The third kappa shape index (κ3) is 2.03. The van der Waals surface area contributed by atoms with E-state index in [1.807, 2.05) is 6.92 Å². The van der Waals surface area contributed by atoms with Crippen molar-refractivity contribution in [1.82, 2.24) is 0 Å². The van der Waals surface area contributed by atoms with E-state index in [1.54, 1.807) is 12.1 Å². The molecule has 1 aromatic carbocycles. The summed E-state index contributed by atoms with van der Waals surface area (Å²) in [6.07, 6.45) is 0. The van der Waals surface area contributed by atoms with E-state index in [0.29, 0.717) is 5.56 Å². The van der Waals surface area contributed by atoms with Crippen LogP contribution in [0.25, 0.3) is 0 Å². The minimum Gasteiger partial charge on any atom is -0.207 e. The fraction of sp³-hybridized carbons (Fsp3) is 0.222. The van der Waals surface area contributed by atoms with E-state index in [0.717, 1.165) is 4.47 Å². The Morgan fingerprint density at radius 1 is 1.55 bits per heavy atom. The van der Waals surface area contributed by atoms with Gasteiger partial charge in [-0.2, -0.15) is 0 Å². The van der Waals surface area contributed by atoms with Crippen molar-refractivity contribution in [1.29, 1.82) is 0 Å². The molecule has 0 saturated carbocycles. The second-order valence-corrected chi connectivity index (χ2v) is 3.48. The molecule has 0 N–H and O–H groups in total. The highest BCUT2D eigenvalue weighted by molar-refractivity contribution is 9.10. The molecule has 0 fully saturated rings. The van der Waals surface area contributed by atoms with Gasteiger partial charge in [-0.15, -0.1) is 0 Å². The van der Waals surface area contributed by atoms with E-state index < -0.39 is 0 Å². The average molecular weight is 216 g/mol. The molecule has 0 aliphatic heterocycles. The second kappa shape index (κ2) is 3.35. The lowest BCUT2D eigenvalue weighted by atomic mass is 10.0. The Bertz CT molecular complexity index is 256. The number of rotatable bonds is 1. The molecule has 0 aromatic heterocycles. The van der Waals surface area contributed by atoms with Gasteiger partial charge in [-0.25, -0.2) is 4.39 Å². The van der Waals surface area contributed by atoms with Crippen molar-refractivity contribution in [2.45, 2.75) is 12.8 Å². The Morgan fingerprint density at radius 2 is 2.18 bits per heavy atom. The lowest BCUT2D eigenvalue weighted by Crippen LogP contribution is -1.92. The monoisotopic (exact) mass is 215 g/mol. The molecule has 0 bridgehead atoms. The smallest absolute Gasteiger partial charge is 0.126 e. The van der Waals surface area contributed by atoms with Gasteiger partial charge in [-0.1, -0.05) is 22.9 Å². The van der Waals surface area contributed by atoms with Crippen LogP contribution in [0.15, 0.2) is 22.7 Å². The van der Waals surface area contributed by atoms with Crippen LogP contribution >= 0.6 is 15.9 Å². The van der Waals surface area contributed by atoms with Crippen molar-refractivity contribution >= 4 is 15.9 Å². The summed E-state index contributed by atoms with van der Waals surface area (Å²) in [4.78, 5) is 0. The average Bonchev–Trinajstić information content (AvgIpc) is 1.94. The van der Waals surface area contributed by atoms with Gasteiger partial charge in [-0.05, 0) is 36.6 Å². The van der Waals surface area contributed by atoms with E-state index in [9.17, 15) is 4.39 Å². The van der Waals surface area contributed by atoms with Crippen LogP contribution in [0.2, 0.25) is 0 Å². The van der Waals surface area contributed by atoms with Crippen molar-refractivity contribution in [3.8, 4) is 0 Å². The van der Waals surface area contributed by atoms with Gasteiger partial charge in [0.1, 0.15) is 5.82 Å². The summed E-state index contributed by atoms with van der Waals surface area (Å²) < 4.78 is 13.9. The molecule has 0 heterocycles. The number of benzene rings is 1. The SMILES string of the molecule is [CH2]C(C)c1cc(Br)ccc1F. The third-order valence-corrected chi connectivity index (χ3v) is 1.98. The summed E-state index contributed by atoms with van der Waals surface area (Å²) in [5.74, 6) is -0.191. The first-order chi connectivity index (χ1) is 5.11. The zero-order valence-electron chi connectivity index (χ0n) is 6.27. The Morgan fingerprint density at radius 3 is 2.64 bits per heavy atom. The van der Waals surface area contributed by atoms with Crippen molar-refractivity contribution in [3.05, 3.63) is 41.0 Å². The van der Waals surface area contributed by atoms with Gasteiger partial charge in [0.25, 0.3) is 0 Å². The van der Waals surface area contributed by atoms with Gasteiger partial charge in [0.15, 0.2) is 0 Å². The second-order valence-electron chi connectivity index (χ2n) is 2.57. The van der Waals surface area contributed by atoms with Gasteiger partial charge in [-0.3, -0.25) is 0 Å². The Labute approximate surface area is 74.6 Å². The van der Waals surface area contributed by atoms with Crippen molar-refractivity contribution in [3.63, 3.8) is 0 Å². The zero-order chi connectivity index (χ0) is 8.43. The van der Waals surface area contributed by atoms with Crippen LogP contribution in [0, 0.1) is 12.7 Å². The van der Waals surface area contributed by atoms with E-state index in [2.05, 4.69) is 22.9 Å². The van der Waals surface area contributed by atoms with E-state index in [-0.39, 0.29) is 11.7 Å². The largest absolute Gasteiger partial charge is 0.207 e. The van der Waals surface area contributed by atoms with Gasteiger partial charge in [0, 0.05) is 4.47 Å². The summed E-state index contributed by atoms with van der Waals surface area (Å²) in [5, 5.41) is 0. The Balaban J connectivity index is 3.13. The molecule has 0 aliphatic rings. The molecule has 1 radical (unpaired) electrons. The molecule has 0 amide bonds. The highest BCUT2D eigenvalue weighted by Gasteiger charge is 2.05. The summed E-state index contributed by atoms with van der Waals surface area (Å²) in [5.41, 5.74) is 0.652. The quantitative estimate of drug-likeness (QED) is 0.673. The molecular formula is C9H9BrF. The molecule has 2 heteroatoms. The van der Waals surface area contributed by atoms with Crippen LogP contribution in [0.4, 0.5) is 4.39 Å². The maximum absolute atomic E-state index is 13.0. The summed E-state index contributed by atoms with van der Waals surface area (Å²) >= 11 is 3.27. The van der Waals surface area contributed by atoms with Crippen LogP contribution in [0.1, 0.15) is 18.4 Å². The maximum atomic E-state index is 13.0. The first-order valence-electron chi connectivity index (χ1n) is 3.39. The molecule has 1 atom stereocenters. The molecule has 11 heavy (non-hydrogen) atoms. The zero-order valence-corrected chi connectivity index (χ0v) is 7.86. The summed E-state index contributed by atoms with van der Waals surface area (Å²) in [7, 11) is 0. The predicted molar refractivity (Wildman–Crippen MR) is 47.9 cm³/mol. The van der Waals surface area contributed by atoms with Crippen molar-refractivity contribution in [2.24, 2.45) is 0 Å². The fourth-order valence-corrected chi connectivity index (χ4v) is 1.27. The Kier molecular flexibility index (Phi) is 2.66. The van der Waals surface area contributed by atoms with E-state index >= 15 is 0 Å². The molecule has 0 spiro atoms. The standard InChI is InChI=1S/C9H9BrF/c1-6(2)8-5-7(10)3-4-9(8)11/h3-6H,1H2,2H3. The number of halogens is 2. The first-order valence-corrected chi connectivity index (χ1v) is 4.18. The van der Waals surface area contributed by atoms with Gasteiger partial charge < -0.3 is 0 Å². The maximum Gasteiger partial charge on any atom is 0.126 e. The highest BCUT2D eigenvalue weighted by Crippen LogP contribution is 2.21. The van der Waals surface area contributed by atoms with Crippen molar-refractivity contribution in [2.75, 3.05) is 0 Å². The number of hydrogen-bond acceptors (Lipinski definition) is 0. The van der Waals surface area contributed by atoms with Crippen LogP contribution < -0.4 is 0 Å². The molecule has 0 nitrogen and oxygen atoms in total. The molecule has 59 valence electrons. The van der Waals surface area contributed by atoms with E-state index in [4.69, 9.17) is 0 Å². The normalized spacial score (nSPS) is 10.6. The van der Waals surface area contributed by atoms with Crippen LogP contribution in [-0.2, 0) is 0 Å². The van der Waals surface area contributed by atoms with Crippen molar-refractivity contribution < 1.29 is 4.39 Å². The lowest BCUT2D eigenvalue weighted by molar-refractivity contribution is 0.604. The van der Waals surface area contributed by atoms with Crippen LogP contribution in [0.3, 0.4) is 0 Å². The molecular weight excluding hydrogens is 207 g/mol. The minimum atomic E-state index is -0.185. The summed E-state index contributed by atoms with van der Waals surface area (Å²) in [6, 6.07) is 4.88. The predicted octanol–water partition coefficient (Wildman–Crippen LogP) is 3.53. The summed E-state index contributed by atoms with van der Waals surface area (Å²) in [6.45, 7) is 5.62.